The zero-order valence-electron chi connectivity index (χ0n) is 10.3. The molecule has 0 saturated heterocycles. The highest BCUT2D eigenvalue weighted by atomic mass is 32.1. The van der Waals surface area contributed by atoms with Crippen molar-refractivity contribution in [2.45, 2.75) is 40.0 Å². The number of carbonyl (C=O) groups is 1. The Hall–Kier alpha value is -0.900. The molecule has 90 valence electrons. The number of hydrogen-bond acceptors (Lipinski definition) is 3. The van der Waals surface area contributed by atoms with Crippen molar-refractivity contribution in [3.8, 4) is 0 Å². The maximum atomic E-state index is 11.9. The molecule has 3 nitrogen and oxygen atoms in total. The van der Waals surface area contributed by atoms with Crippen molar-refractivity contribution in [1.82, 2.24) is 9.88 Å². The topological polar surface area (TPSA) is 33.2 Å². The van der Waals surface area contributed by atoms with Crippen LogP contribution >= 0.6 is 11.3 Å². The molecule has 0 aliphatic carbocycles. The molecule has 0 fully saturated rings. The molecular formula is C12H20N2OS. The van der Waals surface area contributed by atoms with E-state index in [9.17, 15) is 4.79 Å². The first-order valence-electron chi connectivity index (χ1n) is 5.86. The van der Waals surface area contributed by atoms with Gasteiger partial charge in [0.15, 0.2) is 0 Å². The van der Waals surface area contributed by atoms with Crippen LogP contribution in [0.15, 0.2) is 5.38 Å². The first-order valence-corrected chi connectivity index (χ1v) is 6.74. The van der Waals surface area contributed by atoms with Gasteiger partial charge in [0.2, 0.25) is 5.91 Å². The second-order valence-electron chi connectivity index (χ2n) is 3.86. The van der Waals surface area contributed by atoms with Gasteiger partial charge in [-0.25, -0.2) is 4.98 Å². The number of likely N-dealkylation sites (N-methyl/N-ethyl adjacent to an activating group) is 1. The molecule has 0 aromatic carbocycles. The number of nitrogens with zero attached hydrogens (tertiary/aromatic N) is 2. The molecule has 4 heteroatoms. The zero-order valence-corrected chi connectivity index (χ0v) is 11.1. The average molecular weight is 240 g/mol. The summed E-state index contributed by atoms with van der Waals surface area (Å²) >= 11 is 1.60. The third-order valence-electron chi connectivity index (χ3n) is 2.51. The van der Waals surface area contributed by atoms with Gasteiger partial charge in [-0.15, -0.1) is 11.3 Å². The molecule has 1 rings (SSSR count). The van der Waals surface area contributed by atoms with Crippen molar-refractivity contribution in [1.29, 1.82) is 0 Å². The van der Waals surface area contributed by atoms with Crippen molar-refractivity contribution >= 4 is 17.2 Å². The van der Waals surface area contributed by atoms with Gasteiger partial charge >= 0.3 is 0 Å². The Bertz CT molecular complexity index is 336. The van der Waals surface area contributed by atoms with Crippen molar-refractivity contribution in [3.05, 3.63) is 16.1 Å². The maximum Gasteiger partial charge on any atom is 0.228 e. The Balaban J connectivity index is 2.49. The van der Waals surface area contributed by atoms with Crippen LogP contribution in [0.5, 0.6) is 0 Å². The van der Waals surface area contributed by atoms with Gasteiger partial charge in [0.05, 0.1) is 17.1 Å². The van der Waals surface area contributed by atoms with Gasteiger partial charge in [0, 0.05) is 18.5 Å². The van der Waals surface area contributed by atoms with E-state index in [4.69, 9.17) is 0 Å². The highest BCUT2D eigenvalue weighted by molar-refractivity contribution is 7.09. The number of aromatic nitrogens is 1. The summed E-state index contributed by atoms with van der Waals surface area (Å²) in [6.45, 7) is 7.80. The minimum Gasteiger partial charge on any atom is -0.343 e. The van der Waals surface area contributed by atoms with E-state index in [1.165, 1.54) is 0 Å². The van der Waals surface area contributed by atoms with Crippen LogP contribution in [0.3, 0.4) is 0 Å². The minimum absolute atomic E-state index is 0.196. The van der Waals surface area contributed by atoms with E-state index in [1.54, 1.807) is 11.3 Å². The number of hydrogen-bond donors (Lipinski definition) is 0. The van der Waals surface area contributed by atoms with Crippen LogP contribution in [-0.4, -0.2) is 28.9 Å². The van der Waals surface area contributed by atoms with Crippen LogP contribution in [0.2, 0.25) is 0 Å². The zero-order chi connectivity index (χ0) is 12.0. The van der Waals surface area contributed by atoms with E-state index < -0.39 is 0 Å². The Labute approximate surface area is 101 Å². The summed E-state index contributed by atoms with van der Waals surface area (Å²) in [5.74, 6) is 0.196. The number of carbonyl (C=O) groups excluding carboxylic acids is 1. The van der Waals surface area contributed by atoms with Crippen LogP contribution < -0.4 is 0 Å². The Kier molecular flexibility index (Phi) is 5.46. The van der Waals surface area contributed by atoms with Crippen LogP contribution in [-0.2, 0) is 11.2 Å². The van der Waals surface area contributed by atoms with Gasteiger partial charge < -0.3 is 4.90 Å². The summed E-state index contributed by atoms with van der Waals surface area (Å²) in [4.78, 5) is 18.2. The molecule has 16 heavy (non-hydrogen) atoms. The number of aryl methyl sites for hydroxylation is 1. The van der Waals surface area contributed by atoms with E-state index in [-0.39, 0.29) is 5.91 Å². The molecule has 1 amide bonds. The minimum atomic E-state index is 0.196. The monoisotopic (exact) mass is 240 g/mol. The standard InChI is InChI=1S/C12H20N2OS/c1-4-6-7-14(5-2)12(15)8-11-9-16-10(3)13-11/h9H,4-8H2,1-3H3. The summed E-state index contributed by atoms with van der Waals surface area (Å²) in [6, 6.07) is 0. The lowest BCUT2D eigenvalue weighted by Gasteiger charge is -2.20. The van der Waals surface area contributed by atoms with Gasteiger partial charge in [0.25, 0.3) is 0 Å². The van der Waals surface area contributed by atoms with Crippen LogP contribution in [0, 0.1) is 6.92 Å². The van der Waals surface area contributed by atoms with Crippen LogP contribution in [0.25, 0.3) is 0 Å². The van der Waals surface area contributed by atoms with E-state index in [1.807, 2.05) is 24.1 Å². The van der Waals surface area contributed by atoms with Crippen LogP contribution in [0.1, 0.15) is 37.4 Å². The molecule has 0 spiro atoms. The largest absolute Gasteiger partial charge is 0.343 e. The number of rotatable bonds is 6. The molecule has 0 radical (unpaired) electrons. The quantitative estimate of drug-likeness (QED) is 0.766. The first kappa shape index (κ1) is 13.2. The third-order valence-corrected chi connectivity index (χ3v) is 3.34. The summed E-state index contributed by atoms with van der Waals surface area (Å²) in [5, 5.41) is 3.00. The van der Waals surface area contributed by atoms with Gasteiger partial charge in [-0.2, -0.15) is 0 Å². The summed E-state index contributed by atoms with van der Waals surface area (Å²) in [6.07, 6.45) is 2.65. The molecule has 0 saturated carbocycles. The van der Waals surface area contributed by atoms with Gasteiger partial charge in [0.1, 0.15) is 0 Å². The van der Waals surface area contributed by atoms with Gasteiger partial charge in [-0.05, 0) is 20.3 Å². The van der Waals surface area contributed by atoms with Crippen molar-refractivity contribution in [2.75, 3.05) is 13.1 Å². The number of unbranched alkanes of at least 4 members (excludes halogenated alkanes) is 1. The molecule has 0 aliphatic rings. The smallest absolute Gasteiger partial charge is 0.228 e. The fraction of sp³-hybridized carbons (Fsp3) is 0.667. The third kappa shape index (κ3) is 3.93. The second-order valence-corrected chi connectivity index (χ2v) is 4.92. The fourth-order valence-corrected chi connectivity index (χ4v) is 2.18. The Morgan fingerprint density at radius 1 is 1.50 bits per heavy atom. The maximum absolute atomic E-state index is 11.9. The Morgan fingerprint density at radius 3 is 2.75 bits per heavy atom. The van der Waals surface area contributed by atoms with Crippen LogP contribution in [0.4, 0.5) is 0 Å². The van der Waals surface area contributed by atoms with Crippen molar-refractivity contribution in [3.63, 3.8) is 0 Å². The molecule has 0 bridgehead atoms. The summed E-state index contributed by atoms with van der Waals surface area (Å²) in [5.41, 5.74) is 0.905. The predicted molar refractivity (Wildman–Crippen MR) is 67.7 cm³/mol. The highest BCUT2D eigenvalue weighted by Gasteiger charge is 2.12. The molecule has 1 aromatic heterocycles. The number of amides is 1. The highest BCUT2D eigenvalue weighted by Crippen LogP contribution is 2.10. The first-order chi connectivity index (χ1) is 7.67. The van der Waals surface area contributed by atoms with Gasteiger partial charge in [-0.3, -0.25) is 4.79 Å². The predicted octanol–water partition coefficient (Wildman–Crippen LogP) is 2.64. The molecule has 1 aromatic rings. The lowest BCUT2D eigenvalue weighted by molar-refractivity contribution is -0.130. The van der Waals surface area contributed by atoms with E-state index in [0.717, 1.165) is 36.6 Å². The molecule has 0 aliphatic heterocycles. The average Bonchev–Trinajstić information content (AvgIpc) is 2.65. The summed E-state index contributed by atoms with van der Waals surface area (Å²) in [7, 11) is 0. The Morgan fingerprint density at radius 2 is 2.25 bits per heavy atom. The van der Waals surface area contributed by atoms with E-state index in [2.05, 4.69) is 11.9 Å². The number of thiazole rings is 1. The van der Waals surface area contributed by atoms with E-state index >= 15 is 0 Å². The second kappa shape index (κ2) is 6.63. The van der Waals surface area contributed by atoms with Crippen molar-refractivity contribution < 1.29 is 4.79 Å². The molecular weight excluding hydrogens is 220 g/mol. The molecule has 1 heterocycles. The van der Waals surface area contributed by atoms with E-state index in [0.29, 0.717) is 6.42 Å². The molecule has 0 N–H and O–H groups in total. The normalized spacial score (nSPS) is 10.4. The van der Waals surface area contributed by atoms with Gasteiger partial charge in [-0.1, -0.05) is 13.3 Å². The SMILES string of the molecule is CCCCN(CC)C(=O)Cc1csc(C)n1. The van der Waals surface area contributed by atoms with Crippen molar-refractivity contribution in [2.24, 2.45) is 0 Å². The lowest BCUT2D eigenvalue weighted by atomic mass is 10.2. The lowest BCUT2D eigenvalue weighted by Crippen LogP contribution is -2.33. The summed E-state index contributed by atoms with van der Waals surface area (Å²) < 4.78 is 0. The molecule has 0 atom stereocenters. The molecule has 0 unspecified atom stereocenters. The fourth-order valence-electron chi connectivity index (χ4n) is 1.56.